The fourth-order valence-electron chi connectivity index (χ4n) is 7.28. The minimum Gasteiger partial charge on any atom is -0.449 e. The number of nitrogens with zero attached hydrogens (tertiary/aromatic N) is 2. The molecule has 5 rings (SSSR count). The molecule has 0 aromatic heterocycles. The lowest BCUT2D eigenvalue weighted by Crippen LogP contribution is -2.58. The summed E-state index contributed by atoms with van der Waals surface area (Å²) in [7, 11) is -4.06. The van der Waals surface area contributed by atoms with Crippen molar-refractivity contribution in [3.63, 3.8) is 0 Å². The maximum atomic E-state index is 14.4. The zero-order chi connectivity index (χ0) is 35.9. The average Bonchev–Trinajstić information content (AvgIpc) is 3.35. The second kappa shape index (κ2) is 13.6. The van der Waals surface area contributed by atoms with Crippen molar-refractivity contribution in [2.24, 2.45) is 16.7 Å². The molecule has 3 N–H and O–H groups in total. The number of amides is 4. The molecule has 13 heteroatoms. The van der Waals surface area contributed by atoms with Crippen LogP contribution in [0.15, 0.2) is 43.3 Å². The third-order valence-corrected chi connectivity index (χ3v) is 12.7. The largest absolute Gasteiger partial charge is 0.449 e. The molecule has 1 unspecified atom stereocenters. The molecule has 1 aliphatic carbocycles. The second-order valence-electron chi connectivity index (χ2n) is 15.8. The van der Waals surface area contributed by atoms with Crippen LogP contribution in [0.4, 0.5) is 9.59 Å². The van der Waals surface area contributed by atoms with Gasteiger partial charge in [-0.3, -0.25) is 19.1 Å². The molecule has 1 aromatic rings. The minimum atomic E-state index is -4.06. The van der Waals surface area contributed by atoms with Crippen LogP contribution in [-0.4, -0.2) is 75.3 Å². The van der Waals surface area contributed by atoms with E-state index in [2.05, 4.69) is 29.9 Å². The number of aryl methyl sites for hydroxylation is 1. The molecule has 4 bridgehead atoms. The van der Waals surface area contributed by atoms with Crippen molar-refractivity contribution in [1.29, 1.82) is 0 Å². The van der Waals surface area contributed by atoms with E-state index in [4.69, 9.17) is 9.47 Å². The van der Waals surface area contributed by atoms with E-state index >= 15 is 0 Å². The number of ether oxygens (including phenoxy) is 2. The summed E-state index contributed by atoms with van der Waals surface area (Å²) in [5, 5.41) is 4.01. The molecule has 0 radical (unpaired) electrons. The van der Waals surface area contributed by atoms with Crippen molar-refractivity contribution < 1.29 is 38.1 Å². The van der Waals surface area contributed by atoms with Crippen LogP contribution in [0.25, 0.3) is 0 Å². The monoisotopic (exact) mass is 698 g/mol. The van der Waals surface area contributed by atoms with Crippen LogP contribution in [0.1, 0.15) is 83.4 Å². The number of hydrogen-bond acceptors (Lipinski definition) is 7. The first-order chi connectivity index (χ1) is 22.9. The quantitative estimate of drug-likeness (QED) is 0.272. The Bertz CT molecular complexity index is 1570. The van der Waals surface area contributed by atoms with Crippen LogP contribution in [0.2, 0.25) is 0 Å². The van der Waals surface area contributed by atoms with Crippen LogP contribution >= 0.6 is 7.37 Å². The van der Waals surface area contributed by atoms with Gasteiger partial charge in [0.2, 0.25) is 19.2 Å². The fourth-order valence-corrected chi connectivity index (χ4v) is 8.91. The Balaban J connectivity index is 1.46. The molecule has 0 spiro atoms. The van der Waals surface area contributed by atoms with Gasteiger partial charge in [-0.25, -0.2) is 9.59 Å². The van der Waals surface area contributed by atoms with Crippen LogP contribution in [0.3, 0.4) is 0 Å². The van der Waals surface area contributed by atoms with Gasteiger partial charge in [0.15, 0.2) is 0 Å². The van der Waals surface area contributed by atoms with E-state index in [9.17, 15) is 28.6 Å². The summed E-state index contributed by atoms with van der Waals surface area (Å²) in [6, 6.07) is 3.86. The zero-order valence-electron chi connectivity index (χ0n) is 29.3. The number of benzene rings is 1. The first-order valence-corrected chi connectivity index (χ1v) is 18.8. The number of carbonyl (C=O) groups excluding carboxylic acids is 4. The third kappa shape index (κ3) is 7.60. The smallest absolute Gasteiger partial charge is 0.410 e. The van der Waals surface area contributed by atoms with Gasteiger partial charge in [0.25, 0.3) is 0 Å². The van der Waals surface area contributed by atoms with Gasteiger partial charge in [-0.1, -0.05) is 71.9 Å². The predicted octanol–water partition coefficient (Wildman–Crippen LogP) is 5.43. The van der Waals surface area contributed by atoms with Crippen molar-refractivity contribution in [2.75, 3.05) is 13.2 Å². The van der Waals surface area contributed by atoms with Crippen LogP contribution < -0.4 is 10.6 Å². The molecule has 1 aromatic carbocycles. The summed E-state index contributed by atoms with van der Waals surface area (Å²) in [5.41, 5.74) is 2.26. The van der Waals surface area contributed by atoms with Crippen molar-refractivity contribution in [2.45, 2.75) is 110 Å². The Kier molecular flexibility index (Phi) is 10.2. The van der Waals surface area contributed by atoms with Gasteiger partial charge in [-0.05, 0) is 59.0 Å². The van der Waals surface area contributed by atoms with Crippen LogP contribution in [0, 0.1) is 16.7 Å². The summed E-state index contributed by atoms with van der Waals surface area (Å²) >= 11 is 0. The maximum Gasteiger partial charge on any atom is 0.410 e. The first kappa shape index (κ1) is 36.6. The lowest BCUT2D eigenvalue weighted by molar-refractivity contribution is -0.142. The average molecular weight is 699 g/mol. The van der Waals surface area contributed by atoms with Crippen molar-refractivity contribution in [3.05, 3.63) is 59.9 Å². The summed E-state index contributed by atoms with van der Waals surface area (Å²) in [6.07, 6.45) is 3.05. The van der Waals surface area contributed by atoms with Gasteiger partial charge in [-0.2, -0.15) is 0 Å². The Labute approximate surface area is 289 Å². The normalized spacial score (nSPS) is 30.3. The Morgan fingerprint density at radius 1 is 1.14 bits per heavy atom. The van der Waals surface area contributed by atoms with Gasteiger partial charge in [0, 0.05) is 25.4 Å². The molecule has 3 heterocycles. The number of cyclic esters (lactones) is 1. The molecule has 1 saturated heterocycles. The first-order valence-electron chi connectivity index (χ1n) is 17.1. The number of nitrogens with one attached hydrogen (secondary N) is 2. The molecule has 268 valence electrons. The summed E-state index contributed by atoms with van der Waals surface area (Å²) in [6.45, 7) is 17.5. The molecule has 6 atom stereocenters. The number of rotatable bonds is 5. The molecule has 4 amide bonds. The van der Waals surface area contributed by atoms with E-state index < -0.39 is 66.2 Å². The lowest BCUT2D eigenvalue weighted by atomic mass is 9.85. The van der Waals surface area contributed by atoms with Crippen LogP contribution in [-0.2, 0) is 43.1 Å². The van der Waals surface area contributed by atoms with Gasteiger partial charge < -0.3 is 29.9 Å². The Morgan fingerprint density at radius 2 is 1.86 bits per heavy atom. The van der Waals surface area contributed by atoms with E-state index in [0.29, 0.717) is 13.1 Å². The highest BCUT2D eigenvalue weighted by molar-refractivity contribution is 7.63. The minimum absolute atomic E-state index is 0.0382. The number of fused-ring (bicyclic) bond motifs is 3. The van der Waals surface area contributed by atoms with Crippen molar-refractivity contribution >= 4 is 31.4 Å². The molecule has 49 heavy (non-hydrogen) atoms. The Hall–Kier alpha value is -3.63. The van der Waals surface area contributed by atoms with E-state index in [-0.39, 0.29) is 31.4 Å². The van der Waals surface area contributed by atoms with Crippen molar-refractivity contribution in [3.8, 4) is 0 Å². The van der Waals surface area contributed by atoms with E-state index in [1.54, 1.807) is 25.7 Å². The summed E-state index contributed by atoms with van der Waals surface area (Å²) < 4.78 is 24.8. The third-order valence-electron chi connectivity index (χ3n) is 10.4. The standard InChI is InChI=1S/C36H51N4O8P/c1-8-25-18-36(25,49(45,46)9-2)38-30(41)28-17-26-20-40(28)31(42)29(34(3,4)5)37-32(43)47-22-35(6,7)16-11-10-13-23-14-12-15-24-19-39(21-27(23)24)33(44)48-26/h8-9,12,14-15,25-26,28-29H,1-2,10-11,13,16-22H2,3-7H3,(H,37,43)(H,38,41)(H,45,46)/t25-,26+,28-,29+,36-/m0/s1. The SMILES string of the molecule is C=C[C@H]1C[C@]1(NC(=O)[C@@H]1C[C@@H]2CN1C(=O)[C@H](C(C)(C)C)NC(=O)OCC(C)(C)CCCCc1cccc3c1CN(C3)C(=O)O2)P(=O)(O)C=C. The van der Waals surface area contributed by atoms with Gasteiger partial charge in [-0.15, -0.1) is 6.58 Å². The highest BCUT2D eigenvalue weighted by atomic mass is 31.2. The molecule has 1 saturated carbocycles. The Morgan fingerprint density at radius 3 is 2.51 bits per heavy atom. The number of carbonyl (C=O) groups is 4. The number of alkyl carbamates (subject to hydrolysis) is 1. The van der Waals surface area contributed by atoms with E-state index in [1.807, 2.05) is 26.0 Å². The van der Waals surface area contributed by atoms with Crippen LogP contribution in [0.5, 0.6) is 0 Å². The summed E-state index contributed by atoms with van der Waals surface area (Å²) in [5.74, 6) is -0.742. The highest BCUT2D eigenvalue weighted by Gasteiger charge is 2.65. The molecule has 2 fully saturated rings. The molecular weight excluding hydrogens is 647 g/mol. The molecular formula is C36H51N4O8P. The fraction of sp³-hybridized carbons (Fsp3) is 0.611. The summed E-state index contributed by atoms with van der Waals surface area (Å²) in [4.78, 5) is 68.8. The van der Waals surface area contributed by atoms with Gasteiger partial charge in [0.1, 0.15) is 23.5 Å². The highest BCUT2D eigenvalue weighted by Crippen LogP contribution is 2.70. The number of hydrogen-bond donors (Lipinski definition) is 3. The zero-order valence-corrected chi connectivity index (χ0v) is 30.2. The van der Waals surface area contributed by atoms with Crippen molar-refractivity contribution in [1.82, 2.24) is 20.4 Å². The predicted molar refractivity (Wildman–Crippen MR) is 184 cm³/mol. The molecule has 3 aliphatic heterocycles. The van der Waals surface area contributed by atoms with Gasteiger partial charge in [0.05, 0.1) is 13.2 Å². The topological polar surface area (TPSA) is 155 Å². The lowest BCUT2D eigenvalue weighted by Gasteiger charge is -2.36. The van der Waals surface area contributed by atoms with E-state index in [1.165, 1.54) is 16.5 Å². The second-order valence-corrected chi connectivity index (χ2v) is 18.2. The maximum absolute atomic E-state index is 14.4. The molecule has 4 aliphatic rings. The molecule has 12 nitrogen and oxygen atoms in total. The van der Waals surface area contributed by atoms with Gasteiger partial charge >= 0.3 is 12.2 Å². The van der Waals surface area contributed by atoms with E-state index in [0.717, 1.165) is 42.6 Å².